The molecule has 2 aromatic carbocycles. The fourth-order valence-corrected chi connectivity index (χ4v) is 5.53. The lowest BCUT2D eigenvalue weighted by molar-refractivity contribution is 0.422. The van der Waals surface area contributed by atoms with Gasteiger partial charge >= 0.3 is 0 Å². The summed E-state index contributed by atoms with van der Waals surface area (Å²) in [5.41, 5.74) is 14.8. The van der Waals surface area contributed by atoms with Crippen molar-refractivity contribution in [3.63, 3.8) is 0 Å². The quantitative estimate of drug-likeness (QED) is 0.462. The maximum absolute atomic E-state index is 10.7. The first-order valence-electron chi connectivity index (χ1n) is 9.80. The smallest absolute Gasteiger partial charge is 0.129 e. The van der Waals surface area contributed by atoms with Gasteiger partial charge in [-0.05, 0) is 55.3 Å². The van der Waals surface area contributed by atoms with Crippen LogP contribution in [-0.2, 0) is 6.54 Å². The van der Waals surface area contributed by atoms with Gasteiger partial charge in [0.25, 0.3) is 0 Å². The minimum atomic E-state index is -2.85. The number of halogens is 1. The predicted octanol–water partition coefficient (Wildman–Crippen LogP) is 4.76. The molecule has 1 aliphatic heterocycles. The van der Waals surface area contributed by atoms with Crippen LogP contribution in [0.25, 0.3) is 10.9 Å². The van der Waals surface area contributed by atoms with E-state index in [4.69, 9.17) is 28.1 Å². The second-order valence-electron chi connectivity index (χ2n) is 8.43. The highest BCUT2D eigenvalue weighted by molar-refractivity contribution is 8.24. The van der Waals surface area contributed by atoms with Crippen LogP contribution in [0.2, 0.25) is 5.02 Å². The van der Waals surface area contributed by atoms with Gasteiger partial charge in [-0.2, -0.15) is 10.6 Å². The molecule has 30 heavy (non-hydrogen) atoms. The van der Waals surface area contributed by atoms with Crippen LogP contribution in [0.3, 0.4) is 0 Å². The standard InChI is InChI=1S/C22H27ClN4O2S/c1-22(2,25)21(24)17-12-20(26-18-8-7-15(23)11-16(17)18)27-9-10-30(28,29)19-6-4-3-5-14(19)13-27/h3-8,11-12,21,28-29H,9-10,13,24-25H2,1-2H3. The molecule has 0 spiro atoms. The van der Waals surface area contributed by atoms with Gasteiger partial charge in [-0.25, -0.2) is 4.98 Å². The molecular weight excluding hydrogens is 420 g/mol. The molecule has 8 heteroatoms. The van der Waals surface area contributed by atoms with Crippen molar-refractivity contribution in [2.45, 2.75) is 36.9 Å². The fraction of sp³-hybridized carbons (Fsp3) is 0.318. The van der Waals surface area contributed by atoms with Gasteiger partial charge in [0, 0.05) is 35.1 Å². The van der Waals surface area contributed by atoms with E-state index in [1.165, 1.54) is 0 Å². The number of anilines is 1. The second kappa shape index (κ2) is 7.67. The lowest BCUT2D eigenvalue weighted by Gasteiger charge is -2.32. The number of benzene rings is 2. The van der Waals surface area contributed by atoms with Crippen LogP contribution in [0.1, 0.15) is 31.0 Å². The number of hydrogen-bond donors (Lipinski definition) is 4. The van der Waals surface area contributed by atoms with Gasteiger partial charge in [0.1, 0.15) is 5.82 Å². The summed E-state index contributed by atoms with van der Waals surface area (Å²) in [6.45, 7) is 4.78. The van der Waals surface area contributed by atoms with E-state index in [0.717, 1.165) is 27.8 Å². The molecule has 2 heterocycles. The Morgan fingerprint density at radius 1 is 1.17 bits per heavy atom. The van der Waals surface area contributed by atoms with Gasteiger partial charge in [0.05, 0.1) is 16.2 Å². The van der Waals surface area contributed by atoms with Crippen molar-refractivity contribution in [2.75, 3.05) is 17.2 Å². The molecule has 1 aromatic heterocycles. The minimum absolute atomic E-state index is 0.244. The molecular formula is C22H27ClN4O2S. The Hall–Kier alpha value is -1.87. The van der Waals surface area contributed by atoms with Crippen LogP contribution in [0.5, 0.6) is 0 Å². The number of rotatable bonds is 3. The Balaban J connectivity index is 1.85. The summed E-state index contributed by atoms with van der Waals surface area (Å²) in [6.07, 6.45) is 0. The molecule has 0 amide bonds. The molecule has 1 aliphatic rings. The number of aromatic nitrogens is 1. The third kappa shape index (κ3) is 4.01. The highest BCUT2D eigenvalue weighted by atomic mass is 35.5. The zero-order chi connectivity index (χ0) is 21.7. The monoisotopic (exact) mass is 446 g/mol. The van der Waals surface area contributed by atoms with Crippen LogP contribution in [0.4, 0.5) is 5.82 Å². The first-order chi connectivity index (χ1) is 14.1. The summed E-state index contributed by atoms with van der Waals surface area (Å²) in [5, 5.41) is 1.48. The van der Waals surface area contributed by atoms with Gasteiger partial charge in [0.2, 0.25) is 0 Å². The molecule has 1 atom stereocenters. The van der Waals surface area contributed by atoms with Gasteiger partial charge < -0.3 is 16.4 Å². The molecule has 6 nitrogen and oxygen atoms in total. The maximum atomic E-state index is 10.7. The average molecular weight is 447 g/mol. The van der Waals surface area contributed by atoms with Crippen molar-refractivity contribution < 1.29 is 9.11 Å². The molecule has 0 saturated heterocycles. The zero-order valence-corrected chi connectivity index (χ0v) is 18.6. The van der Waals surface area contributed by atoms with Crippen LogP contribution in [0.15, 0.2) is 53.4 Å². The minimum Gasteiger partial charge on any atom is -0.351 e. The number of pyridine rings is 1. The van der Waals surface area contributed by atoms with Crippen molar-refractivity contribution in [3.8, 4) is 0 Å². The fourth-order valence-electron chi connectivity index (χ4n) is 3.81. The second-order valence-corrected chi connectivity index (χ2v) is 11.0. The first-order valence-corrected chi connectivity index (χ1v) is 11.9. The third-order valence-corrected chi connectivity index (χ3v) is 7.67. The number of fused-ring (bicyclic) bond motifs is 2. The summed E-state index contributed by atoms with van der Waals surface area (Å²) >= 11 is 6.24. The van der Waals surface area contributed by atoms with Crippen LogP contribution in [0, 0.1) is 0 Å². The first kappa shape index (κ1) is 21.4. The van der Waals surface area contributed by atoms with Crippen molar-refractivity contribution in [2.24, 2.45) is 11.5 Å². The highest BCUT2D eigenvalue weighted by Gasteiger charge is 2.29. The zero-order valence-electron chi connectivity index (χ0n) is 17.0. The predicted molar refractivity (Wildman–Crippen MR) is 125 cm³/mol. The summed E-state index contributed by atoms with van der Waals surface area (Å²) in [5.74, 6) is 0.972. The molecule has 0 aliphatic carbocycles. The highest BCUT2D eigenvalue weighted by Crippen LogP contribution is 2.51. The Bertz CT molecular complexity index is 1100. The van der Waals surface area contributed by atoms with Crippen molar-refractivity contribution in [1.29, 1.82) is 0 Å². The van der Waals surface area contributed by atoms with Gasteiger partial charge in [-0.15, -0.1) is 0 Å². The maximum Gasteiger partial charge on any atom is 0.129 e. The number of nitrogens with zero attached hydrogens (tertiary/aromatic N) is 2. The van der Waals surface area contributed by atoms with E-state index in [1.54, 1.807) is 12.1 Å². The Labute approximate surface area is 183 Å². The normalized spacial score (nSPS) is 18.6. The van der Waals surface area contributed by atoms with Crippen molar-refractivity contribution in [3.05, 3.63) is 64.7 Å². The van der Waals surface area contributed by atoms with E-state index in [9.17, 15) is 9.11 Å². The summed E-state index contributed by atoms with van der Waals surface area (Å²) in [7, 11) is -2.85. The summed E-state index contributed by atoms with van der Waals surface area (Å²) in [4.78, 5) is 7.52. The molecule has 0 saturated carbocycles. The van der Waals surface area contributed by atoms with E-state index in [1.807, 2.05) is 50.2 Å². The topological polar surface area (TPSA) is 109 Å². The summed E-state index contributed by atoms with van der Waals surface area (Å²) in [6, 6.07) is 14.5. The third-order valence-electron chi connectivity index (χ3n) is 5.58. The Morgan fingerprint density at radius 2 is 1.90 bits per heavy atom. The average Bonchev–Trinajstić information content (AvgIpc) is 2.82. The van der Waals surface area contributed by atoms with Crippen molar-refractivity contribution in [1.82, 2.24) is 4.98 Å². The van der Waals surface area contributed by atoms with E-state index in [2.05, 4.69) is 4.90 Å². The lowest BCUT2D eigenvalue weighted by Crippen LogP contribution is -2.44. The van der Waals surface area contributed by atoms with E-state index in [-0.39, 0.29) is 5.75 Å². The van der Waals surface area contributed by atoms with E-state index in [0.29, 0.717) is 23.0 Å². The van der Waals surface area contributed by atoms with Crippen LogP contribution >= 0.6 is 22.2 Å². The van der Waals surface area contributed by atoms with Crippen LogP contribution in [-0.4, -0.2) is 31.9 Å². The molecule has 0 fully saturated rings. The van der Waals surface area contributed by atoms with Gasteiger partial charge in [0.15, 0.2) is 0 Å². The number of nitrogens with two attached hydrogens (primary N) is 2. The number of hydrogen-bond acceptors (Lipinski definition) is 6. The molecule has 4 rings (SSSR count). The largest absolute Gasteiger partial charge is 0.351 e. The molecule has 1 unspecified atom stereocenters. The molecule has 160 valence electrons. The Kier molecular flexibility index (Phi) is 5.47. The molecule has 6 N–H and O–H groups in total. The summed E-state index contributed by atoms with van der Waals surface area (Å²) < 4.78 is 21.3. The SMILES string of the molecule is CC(C)(N)C(N)c1cc(N2CCS(O)(O)c3ccccc3C2)nc2ccc(Cl)cc12. The van der Waals surface area contributed by atoms with E-state index < -0.39 is 22.2 Å². The van der Waals surface area contributed by atoms with Crippen LogP contribution < -0.4 is 16.4 Å². The molecule has 0 bridgehead atoms. The molecule has 3 aromatic rings. The van der Waals surface area contributed by atoms with Gasteiger partial charge in [-0.1, -0.05) is 29.8 Å². The van der Waals surface area contributed by atoms with Gasteiger partial charge in [-0.3, -0.25) is 9.11 Å². The Morgan fingerprint density at radius 3 is 2.63 bits per heavy atom. The lowest BCUT2D eigenvalue weighted by atomic mass is 9.88. The van der Waals surface area contributed by atoms with E-state index >= 15 is 0 Å². The van der Waals surface area contributed by atoms with Crippen molar-refractivity contribution >= 4 is 38.9 Å². The molecule has 0 radical (unpaired) electrons.